The van der Waals surface area contributed by atoms with Gasteiger partial charge in [-0.3, -0.25) is 9.69 Å². The second-order valence-corrected chi connectivity index (χ2v) is 4.87. The minimum atomic E-state index is -4.13. The highest BCUT2D eigenvalue weighted by molar-refractivity contribution is 5.78. The normalized spacial score (nSPS) is 26.1. The van der Waals surface area contributed by atoms with Crippen molar-refractivity contribution in [2.45, 2.75) is 25.1 Å². The number of carbonyl (C=O) groups excluding carboxylic acids is 1. The number of amides is 1. The molecule has 0 aliphatic carbocycles. The summed E-state index contributed by atoms with van der Waals surface area (Å²) in [5.74, 6) is -1.51. The number of nitrogens with zero attached hydrogens (tertiary/aromatic N) is 1. The van der Waals surface area contributed by atoms with Crippen molar-refractivity contribution in [2.75, 3.05) is 32.8 Å². The van der Waals surface area contributed by atoms with Crippen LogP contribution in [-0.4, -0.2) is 55.9 Å². The zero-order chi connectivity index (χ0) is 13.2. The van der Waals surface area contributed by atoms with Crippen LogP contribution in [0.15, 0.2) is 0 Å². The van der Waals surface area contributed by atoms with Gasteiger partial charge in [0.15, 0.2) is 0 Å². The molecule has 2 aliphatic rings. The van der Waals surface area contributed by atoms with Crippen LogP contribution in [0, 0.1) is 5.92 Å². The Bertz CT molecular complexity index is 297. The predicted molar refractivity (Wildman–Crippen MR) is 58.0 cm³/mol. The molecule has 18 heavy (non-hydrogen) atoms. The third-order valence-corrected chi connectivity index (χ3v) is 3.34. The number of ether oxygens (including phenoxy) is 1. The molecule has 2 fully saturated rings. The molecule has 0 aromatic carbocycles. The van der Waals surface area contributed by atoms with Gasteiger partial charge >= 0.3 is 6.18 Å². The number of likely N-dealkylation sites (tertiary alicyclic amines) is 1. The number of halogens is 3. The Hall–Kier alpha value is -0.820. The van der Waals surface area contributed by atoms with E-state index < -0.39 is 12.1 Å². The van der Waals surface area contributed by atoms with Crippen LogP contribution in [0.3, 0.4) is 0 Å². The average molecular weight is 266 g/mol. The van der Waals surface area contributed by atoms with Crippen molar-refractivity contribution in [3.05, 3.63) is 0 Å². The first kappa shape index (κ1) is 13.6. The molecule has 1 atom stereocenters. The zero-order valence-corrected chi connectivity index (χ0v) is 10.0. The van der Waals surface area contributed by atoms with E-state index in [-0.39, 0.29) is 31.6 Å². The Morgan fingerprint density at radius 2 is 2.11 bits per heavy atom. The Morgan fingerprint density at radius 1 is 1.39 bits per heavy atom. The van der Waals surface area contributed by atoms with Gasteiger partial charge in [0.2, 0.25) is 5.91 Å². The van der Waals surface area contributed by atoms with Gasteiger partial charge in [-0.15, -0.1) is 0 Å². The summed E-state index contributed by atoms with van der Waals surface area (Å²) >= 11 is 0. The first-order chi connectivity index (χ1) is 8.45. The summed E-state index contributed by atoms with van der Waals surface area (Å²) < 4.78 is 42.0. The number of alkyl halides is 3. The molecule has 0 aromatic heterocycles. The number of rotatable bonds is 4. The average Bonchev–Trinajstić information content (AvgIpc) is 2.70. The predicted octanol–water partition coefficient (Wildman–Crippen LogP) is 0.776. The van der Waals surface area contributed by atoms with Crippen molar-refractivity contribution >= 4 is 5.91 Å². The molecule has 2 heterocycles. The van der Waals surface area contributed by atoms with E-state index in [1.54, 1.807) is 0 Å². The summed E-state index contributed by atoms with van der Waals surface area (Å²) in [5.41, 5.74) is 0. The van der Waals surface area contributed by atoms with Crippen molar-refractivity contribution < 1.29 is 22.7 Å². The molecule has 0 bridgehead atoms. The Labute approximate surface area is 103 Å². The van der Waals surface area contributed by atoms with Gasteiger partial charge in [0.25, 0.3) is 0 Å². The molecule has 2 rings (SSSR count). The molecule has 2 saturated heterocycles. The second kappa shape index (κ2) is 5.44. The van der Waals surface area contributed by atoms with Crippen molar-refractivity contribution in [3.8, 4) is 0 Å². The SMILES string of the molecule is O=C(CN1CC(C(F)(F)F)C1)NCC1CCCO1. The molecule has 0 saturated carbocycles. The maximum Gasteiger partial charge on any atom is 0.394 e. The summed E-state index contributed by atoms with van der Waals surface area (Å²) in [6.07, 6.45) is -2.14. The lowest BCUT2D eigenvalue weighted by Crippen LogP contribution is -2.56. The van der Waals surface area contributed by atoms with Gasteiger partial charge in [0.05, 0.1) is 18.6 Å². The maximum absolute atomic E-state index is 12.2. The monoisotopic (exact) mass is 266 g/mol. The van der Waals surface area contributed by atoms with Crippen LogP contribution in [-0.2, 0) is 9.53 Å². The lowest BCUT2D eigenvalue weighted by Gasteiger charge is -2.39. The van der Waals surface area contributed by atoms with E-state index in [0.717, 1.165) is 19.4 Å². The first-order valence-electron chi connectivity index (χ1n) is 6.12. The van der Waals surface area contributed by atoms with E-state index in [9.17, 15) is 18.0 Å². The van der Waals surface area contributed by atoms with E-state index in [4.69, 9.17) is 4.74 Å². The minimum Gasteiger partial charge on any atom is -0.376 e. The van der Waals surface area contributed by atoms with Gasteiger partial charge < -0.3 is 10.1 Å². The highest BCUT2D eigenvalue weighted by Gasteiger charge is 2.47. The topological polar surface area (TPSA) is 41.6 Å². The van der Waals surface area contributed by atoms with Crippen LogP contribution >= 0.6 is 0 Å². The summed E-state index contributed by atoms with van der Waals surface area (Å²) in [5, 5.41) is 2.69. The highest BCUT2D eigenvalue weighted by atomic mass is 19.4. The van der Waals surface area contributed by atoms with Crippen LogP contribution in [0.2, 0.25) is 0 Å². The number of hydrogen-bond acceptors (Lipinski definition) is 3. The largest absolute Gasteiger partial charge is 0.394 e. The van der Waals surface area contributed by atoms with Gasteiger partial charge in [-0.1, -0.05) is 0 Å². The second-order valence-electron chi connectivity index (χ2n) is 4.87. The fourth-order valence-corrected chi connectivity index (χ4v) is 2.20. The van der Waals surface area contributed by atoms with Crippen LogP contribution in [0.4, 0.5) is 13.2 Å². The van der Waals surface area contributed by atoms with E-state index in [2.05, 4.69) is 5.32 Å². The Morgan fingerprint density at radius 3 is 2.67 bits per heavy atom. The van der Waals surface area contributed by atoms with Crippen molar-refractivity contribution in [2.24, 2.45) is 5.92 Å². The molecular weight excluding hydrogens is 249 g/mol. The summed E-state index contributed by atoms with van der Waals surface area (Å²) in [6, 6.07) is 0. The smallest absolute Gasteiger partial charge is 0.376 e. The molecule has 7 heteroatoms. The third-order valence-electron chi connectivity index (χ3n) is 3.34. The number of nitrogens with one attached hydrogen (secondary N) is 1. The molecule has 104 valence electrons. The van der Waals surface area contributed by atoms with E-state index >= 15 is 0 Å². The van der Waals surface area contributed by atoms with Crippen LogP contribution in [0.5, 0.6) is 0 Å². The lowest BCUT2D eigenvalue weighted by molar-refractivity contribution is -0.209. The molecule has 1 amide bonds. The fraction of sp³-hybridized carbons (Fsp3) is 0.909. The molecular formula is C11H17F3N2O2. The van der Waals surface area contributed by atoms with Crippen LogP contribution in [0.1, 0.15) is 12.8 Å². The summed E-state index contributed by atoms with van der Waals surface area (Å²) in [4.78, 5) is 13.0. The van der Waals surface area contributed by atoms with E-state index in [1.807, 2.05) is 0 Å². The Balaban J connectivity index is 1.58. The molecule has 1 N–H and O–H groups in total. The molecule has 0 radical (unpaired) electrons. The van der Waals surface area contributed by atoms with E-state index in [1.165, 1.54) is 4.90 Å². The molecule has 0 spiro atoms. The van der Waals surface area contributed by atoms with Gasteiger partial charge in [0.1, 0.15) is 0 Å². The Kier molecular flexibility index (Phi) is 4.11. The van der Waals surface area contributed by atoms with Crippen molar-refractivity contribution in [1.82, 2.24) is 10.2 Å². The van der Waals surface area contributed by atoms with Crippen LogP contribution < -0.4 is 5.32 Å². The van der Waals surface area contributed by atoms with Gasteiger partial charge in [-0.05, 0) is 12.8 Å². The molecule has 0 aromatic rings. The maximum atomic E-state index is 12.2. The zero-order valence-electron chi connectivity index (χ0n) is 10.0. The standard InChI is InChI=1S/C11H17F3N2O2/c12-11(13,14)8-5-16(6-8)7-10(17)15-4-9-2-1-3-18-9/h8-9H,1-7H2,(H,15,17). The van der Waals surface area contributed by atoms with Gasteiger partial charge in [-0.25, -0.2) is 0 Å². The van der Waals surface area contributed by atoms with Gasteiger partial charge in [-0.2, -0.15) is 13.2 Å². The fourth-order valence-electron chi connectivity index (χ4n) is 2.20. The third kappa shape index (κ3) is 3.58. The van der Waals surface area contributed by atoms with Crippen molar-refractivity contribution in [3.63, 3.8) is 0 Å². The number of carbonyl (C=O) groups is 1. The quantitative estimate of drug-likeness (QED) is 0.817. The molecule has 4 nitrogen and oxygen atoms in total. The summed E-state index contributed by atoms with van der Waals surface area (Å²) in [6.45, 7) is 1.07. The van der Waals surface area contributed by atoms with E-state index in [0.29, 0.717) is 6.54 Å². The van der Waals surface area contributed by atoms with Crippen LogP contribution in [0.25, 0.3) is 0 Å². The lowest BCUT2D eigenvalue weighted by atomic mass is 10.00. The highest BCUT2D eigenvalue weighted by Crippen LogP contribution is 2.32. The number of hydrogen-bond donors (Lipinski definition) is 1. The summed E-state index contributed by atoms with van der Waals surface area (Å²) in [7, 11) is 0. The molecule has 1 unspecified atom stereocenters. The van der Waals surface area contributed by atoms with Gasteiger partial charge in [0, 0.05) is 26.2 Å². The van der Waals surface area contributed by atoms with Crippen molar-refractivity contribution in [1.29, 1.82) is 0 Å². The minimum absolute atomic E-state index is 0.0410. The first-order valence-corrected chi connectivity index (χ1v) is 6.12. The molecule has 2 aliphatic heterocycles.